The molecule has 0 spiro atoms. The summed E-state index contributed by atoms with van der Waals surface area (Å²) in [6.07, 6.45) is 2.23. The van der Waals surface area contributed by atoms with E-state index >= 15 is 0 Å². The third kappa shape index (κ3) is 3.24. The number of carbonyl (C=O) groups is 1. The molecule has 1 aromatic heterocycles. The Morgan fingerprint density at radius 1 is 1.23 bits per heavy atom. The summed E-state index contributed by atoms with van der Waals surface area (Å²) in [5, 5.41) is 4.15. The SMILES string of the molecule is C/C(=N\NC(=O)C1CC(c2ccco2)NN1)c1ccccc1. The minimum absolute atomic E-state index is 0.00931. The van der Waals surface area contributed by atoms with E-state index in [-0.39, 0.29) is 18.0 Å². The molecule has 1 aromatic carbocycles. The molecule has 1 aliphatic heterocycles. The largest absolute Gasteiger partial charge is 0.468 e. The minimum atomic E-state index is -0.345. The van der Waals surface area contributed by atoms with Crippen LogP contribution in [0.4, 0.5) is 0 Å². The number of rotatable bonds is 4. The first-order valence-corrected chi connectivity index (χ1v) is 7.18. The Bertz CT molecular complexity index is 652. The maximum Gasteiger partial charge on any atom is 0.258 e. The van der Waals surface area contributed by atoms with Crippen molar-refractivity contribution in [3.63, 3.8) is 0 Å². The van der Waals surface area contributed by atoms with Gasteiger partial charge >= 0.3 is 0 Å². The van der Waals surface area contributed by atoms with Gasteiger partial charge in [-0.2, -0.15) is 5.10 Å². The van der Waals surface area contributed by atoms with Crippen LogP contribution in [0.2, 0.25) is 0 Å². The van der Waals surface area contributed by atoms with Crippen molar-refractivity contribution in [3.8, 4) is 0 Å². The van der Waals surface area contributed by atoms with E-state index in [0.29, 0.717) is 6.42 Å². The van der Waals surface area contributed by atoms with Crippen molar-refractivity contribution in [1.82, 2.24) is 16.3 Å². The van der Waals surface area contributed by atoms with E-state index < -0.39 is 0 Å². The third-order valence-corrected chi connectivity index (χ3v) is 3.63. The first-order chi connectivity index (χ1) is 10.7. The van der Waals surface area contributed by atoms with Gasteiger partial charge in [0.05, 0.1) is 18.0 Å². The summed E-state index contributed by atoms with van der Waals surface area (Å²) in [5.74, 6) is 0.642. The molecule has 0 aliphatic carbocycles. The lowest BCUT2D eigenvalue weighted by atomic mass is 10.1. The Labute approximate surface area is 128 Å². The fraction of sp³-hybridized carbons (Fsp3) is 0.250. The van der Waals surface area contributed by atoms with Crippen LogP contribution in [0.5, 0.6) is 0 Å². The summed E-state index contributed by atoms with van der Waals surface area (Å²) >= 11 is 0. The predicted molar refractivity (Wildman–Crippen MR) is 82.9 cm³/mol. The summed E-state index contributed by atoms with van der Waals surface area (Å²) in [5.41, 5.74) is 10.4. The van der Waals surface area contributed by atoms with Crippen LogP contribution in [0.25, 0.3) is 0 Å². The minimum Gasteiger partial charge on any atom is -0.468 e. The van der Waals surface area contributed by atoms with Crippen LogP contribution < -0.4 is 16.3 Å². The van der Waals surface area contributed by atoms with Gasteiger partial charge in [-0.15, -0.1) is 0 Å². The molecule has 3 N–H and O–H groups in total. The molecule has 1 amide bonds. The number of benzene rings is 1. The Hall–Kier alpha value is -2.44. The lowest BCUT2D eigenvalue weighted by Gasteiger charge is -2.08. The van der Waals surface area contributed by atoms with Crippen LogP contribution in [0.1, 0.15) is 30.7 Å². The zero-order chi connectivity index (χ0) is 15.4. The molecule has 2 atom stereocenters. The topological polar surface area (TPSA) is 78.7 Å². The Balaban J connectivity index is 1.57. The molecule has 1 aliphatic rings. The molecular formula is C16H18N4O2. The normalized spacial score (nSPS) is 21.8. The van der Waals surface area contributed by atoms with E-state index in [9.17, 15) is 4.79 Å². The fourth-order valence-corrected chi connectivity index (χ4v) is 2.36. The molecule has 0 saturated carbocycles. The second-order valence-corrected chi connectivity index (χ2v) is 5.18. The maximum absolute atomic E-state index is 12.1. The van der Waals surface area contributed by atoms with Crippen molar-refractivity contribution < 1.29 is 9.21 Å². The van der Waals surface area contributed by atoms with Gasteiger partial charge in [-0.1, -0.05) is 30.3 Å². The van der Waals surface area contributed by atoms with Crippen LogP contribution in [0.15, 0.2) is 58.2 Å². The number of nitrogens with zero attached hydrogens (tertiary/aromatic N) is 1. The zero-order valence-corrected chi connectivity index (χ0v) is 12.2. The van der Waals surface area contributed by atoms with Crippen molar-refractivity contribution in [2.24, 2.45) is 5.10 Å². The molecule has 6 heteroatoms. The molecule has 2 aromatic rings. The van der Waals surface area contributed by atoms with Gasteiger partial charge in [-0.05, 0) is 31.0 Å². The molecule has 22 heavy (non-hydrogen) atoms. The van der Waals surface area contributed by atoms with E-state index in [1.54, 1.807) is 6.26 Å². The van der Waals surface area contributed by atoms with Gasteiger partial charge < -0.3 is 4.42 Å². The van der Waals surface area contributed by atoms with Crippen molar-refractivity contribution in [2.45, 2.75) is 25.4 Å². The lowest BCUT2D eigenvalue weighted by molar-refractivity contribution is -0.122. The van der Waals surface area contributed by atoms with E-state index in [4.69, 9.17) is 4.42 Å². The molecule has 0 radical (unpaired) electrons. The van der Waals surface area contributed by atoms with Gasteiger partial charge in [0.2, 0.25) is 0 Å². The average molecular weight is 298 g/mol. The number of furan rings is 1. The summed E-state index contributed by atoms with van der Waals surface area (Å²) < 4.78 is 5.34. The quantitative estimate of drug-likeness (QED) is 0.593. The van der Waals surface area contributed by atoms with Crippen LogP contribution in [0.3, 0.4) is 0 Å². The highest BCUT2D eigenvalue weighted by atomic mass is 16.3. The number of hydrazone groups is 1. The number of hydrogen-bond donors (Lipinski definition) is 3. The van der Waals surface area contributed by atoms with Crippen LogP contribution in [-0.4, -0.2) is 17.7 Å². The summed E-state index contributed by atoms with van der Waals surface area (Å²) in [6, 6.07) is 13.1. The van der Waals surface area contributed by atoms with Crippen LogP contribution in [-0.2, 0) is 4.79 Å². The number of nitrogens with one attached hydrogen (secondary N) is 3. The third-order valence-electron chi connectivity index (χ3n) is 3.63. The molecule has 1 saturated heterocycles. The number of hydrazine groups is 1. The highest BCUT2D eigenvalue weighted by Gasteiger charge is 2.31. The van der Waals surface area contributed by atoms with E-state index in [2.05, 4.69) is 21.4 Å². The van der Waals surface area contributed by atoms with E-state index in [0.717, 1.165) is 17.0 Å². The van der Waals surface area contributed by atoms with Gasteiger partial charge in [0.1, 0.15) is 11.8 Å². The van der Waals surface area contributed by atoms with Crippen LogP contribution >= 0.6 is 0 Å². The number of hydrogen-bond acceptors (Lipinski definition) is 5. The zero-order valence-electron chi connectivity index (χ0n) is 12.2. The summed E-state index contributed by atoms with van der Waals surface area (Å²) in [4.78, 5) is 12.1. The van der Waals surface area contributed by atoms with Gasteiger partial charge in [-0.25, -0.2) is 16.3 Å². The first kappa shape index (κ1) is 14.5. The van der Waals surface area contributed by atoms with Crippen molar-refractivity contribution in [3.05, 3.63) is 60.1 Å². The fourth-order valence-electron chi connectivity index (χ4n) is 2.36. The summed E-state index contributed by atoms with van der Waals surface area (Å²) in [7, 11) is 0. The predicted octanol–water partition coefficient (Wildman–Crippen LogP) is 1.73. The maximum atomic E-state index is 12.1. The van der Waals surface area contributed by atoms with Crippen LogP contribution in [0, 0.1) is 0 Å². The Morgan fingerprint density at radius 2 is 2.05 bits per heavy atom. The lowest BCUT2D eigenvalue weighted by Crippen LogP contribution is -2.41. The van der Waals surface area contributed by atoms with Gasteiger partial charge in [0, 0.05) is 0 Å². The van der Waals surface area contributed by atoms with Gasteiger partial charge in [-0.3, -0.25) is 4.79 Å². The van der Waals surface area contributed by atoms with Crippen molar-refractivity contribution in [2.75, 3.05) is 0 Å². The molecule has 0 bridgehead atoms. The van der Waals surface area contributed by atoms with Crippen molar-refractivity contribution in [1.29, 1.82) is 0 Å². The standard InChI is InChI=1S/C16H18N4O2/c1-11(12-6-3-2-4-7-12)17-20-16(21)14-10-13(18-19-14)15-8-5-9-22-15/h2-9,13-14,18-19H,10H2,1H3,(H,20,21)/b17-11+. The summed E-state index contributed by atoms with van der Waals surface area (Å²) in [6.45, 7) is 1.86. The average Bonchev–Trinajstić information content (AvgIpc) is 3.23. The molecule has 1 fully saturated rings. The molecule has 2 heterocycles. The number of amides is 1. The molecule has 6 nitrogen and oxygen atoms in total. The van der Waals surface area contributed by atoms with E-state index in [1.807, 2.05) is 49.4 Å². The first-order valence-electron chi connectivity index (χ1n) is 7.18. The number of carbonyl (C=O) groups excluding carboxylic acids is 1. The monoisotopic (exact) mass is 298 g/mol. The Morgan fingerprint density at radius 3 is 2.77 bits per heavy atom. The molecule has 114 valence electrons. The second kappa shape index (κ2) is 6.55. The Kier molecular flexibility index (Phi) is 4.32. The highest BCUT2D eigenvalue weighted by molar-refractivity contribution is 5.99. The second-order valence-electron chi connectivity index (χ2n) is 5.18. The molecule has 3 rings (SSSR count). The van der Waals surface area contributed by atoms with E-state index in [1.165, 1.54) is 0 Å². The molecule has 2 unspecified atom stereocenters. The van der Waals surface area contributed by atoms with Gasteiger partial charge in [0.15, 0.2) is 0 Å². The highest BCUT2D eigenvalue weighted by Crippen LogP contribution is 2.22. The van der Waals surface area contributed by atoms with Crippen molar-refractivity contribution >= 4 is 11.6 Å². The van der Waals surface area contributed by atoms with Gasteiger partial charge in [0.25, 0.3) is 5.91 Å². The smallest absolute Gasteiger partial charge is 0.258 e. The molecular weight excluding hydrogens is 280 g/mol.